The molecule has 0 spiro atoms. The van der Waals surface area contributed by atoms with Crippen LogP contribution in [0.3, 0.4) is 0 Å². The van der Waals surface area contributed by atoms with Crippen LogP contribution in [-0.4, -0.2) is 127 Å². The lowest BCUT2D eigenvalue weighted by Gasteiger charge is -2.59. The molecule has 12 heteroatoms. The van der Waals surface area contributed by atoms with E-state index in [-0.39, 0.29) is 66.4 Å². The molecule has 10 nitrogen and oxygen atoms in total. The summed E-state index contributed by atoms with van der Waals surface area (Å²) in [5.41, 5.74) is 0. The first-order valence-electron chi connectivity index (χ1n) is 17.6. The zero-order chi connectivity index (χ0) is 32.3. The SMILES string of the molecule is C=CC(=O)N1CCN(C2NC(=O)N3C4NC(C(F)CC42)C2C(F)CCCC2OC/C=C\COC2CCNC(C(C)C)C23)[C@@H]2[C@H](C)[C@@H]21. The third-order valence-electron chi connectivity index (χ3n) is 12.1. The average molecular weight is 647 g/mol. The standard InChI is InChI=1S/C34H52F2N6O4/c1-5-25(43)40-13-14-41(30-19(4)29(30)40)32-20-17-22(36)28-26-21(35)9-8-10-23(26)45-15-6-7-16-46-24-11-12-37-27(18(2)3)31(24)42(33(20)38-28)34(44)39-32/h5-7,18-24,26-33,37-38H,1,8-17H2,2-4H3,(H,39,44)/b7-6-/t19-,20?,21?,22?,23?,24?,26?,27?,28?,29+,30-,31?,32?,33?/m1/s1. The number of hydrogen-bond acceptors (Lipinski definition) is 7. The van der Waals surface area contributed by atoms with Gasteiger partial charge < -0.3 is 29.9 Å². The molecule has 256 valence electrons. The summed E-state index contributed by atoms with van der Waals surface area (Å²) < 4.78 is 45.3. The van der Waals surface area contributed by atoms with E-state index in [4.69, 9.17) is 9.47 Å². The summed E-state index contributed by atoms with van der Waals surface area (Å²) in [6.07, 6.45) is 3.81. The number of rotatable bonds is 3. The molecule has 5 heterocycles. The minimum atomic E-state index is -1.31. The Morgan fingerprint density at radius 3 is 2.52 bits per heavy atom. The fourth-order valence-electron chi connectivity index (χ4n) is 9.95. The van der Waals surface area contributed by atoms with Crippen LogP contribution in [0.25, 0.3) is 0 Å². The van der Waals surface area contributed by atoms with Crippen LogP contribution in [0.5, 0.6) is 0 Å². The lowest BCUT2D eigenvalue weighted by Crippen LogP contribution is -2.80. The molecular weight excluding hydrogens is 594 g/mol. The predicted molar refractivity (Wildman–Crippen MR) is 169 cm³/mol. The summed E-state index contributed by atoms with van der Waals surface area (Å²) >= 11 is 0. The van der Waals surface area contributed by atoms with Gasteiger partial charge in [0.15, 0.2) is 0 Å². The Hall–Kier alpha value is -2.12. The second-order valence-corrected chi connectivity index (χ2v) is 14.9. The van der Waals surface area contributed by atoms with Crippen LogP contribution in [0, 0.1) is 23.7 Å². The Kier molecular flexibility index (Phi) is 9.21. The number of urea groups is 1. The van der Waals surface area contributed by atoms with Gasteiger partial charge in [0, 0.05) is 43.1 Å². The molecule has 0 aromatic heterocycles. The number of carbonyl (C=O) groups excluding carboxylic acids is 2. The third kappa shape index (κ3) is 5.59. The topological polar surface area (TPSA) is 98.4 Å². The summed E-state index contributed by atoms with van der Waals surface area (Å²) in [5.74, 6) is -0.599. The van der Waals surface area contributed by atoms with E-state index in [2.05, 4.69) is 48.2 Å². The largest absolute Gasteiger partial charge is 0.374 e. The Labute approximate surface area is 271 Å². The zero-order valence-electron chi connectivity index (χ0n) is 27.4. The number of halogens is 2. The Bertz CT molecular complexity index is 1190. The molecule has 3 amide bonds. The molecule has 0 aromatic carbocycles. The van der Waals surface area contributed by atoms with Crippen LogP contribution in [0.15, 0.2) is 24.8 Å². The van der Waals surface area contributed by atoms with Gasteiger partial charge >= 0.3 is 6.03 Å². The first kappa shape index (κ1) is 32.4. The van der Waals surface area contributed by atoms with Gasteiger partial charge in [-0.2, -0.15) is 0 Å². The van der Waals surface area contributed by atoms with Gasteiger partial charge in [-0.1, -0.05) is 39.5 Å². The number of amides is 3. The second-order valence-electron chi connectivity index (χ2n) is 14.9. The number of piperidine rings is 2. The lowest BCUT2D eigenvalue weighted by molar-refractivity contribution is -0.132. The van der Waals surface area contributed by atoms with Crippen LogP contribution < -0.4 is 16.0 Å². The molecule has 14 atom stereocenters. The van der Waals surface area contributed by atoms with Gasteiger partial charge in [0.2, 0.25) is 5.91 Å². The number of piperazine rings is 1. The van der Waals surface area contributed by atoms with Crippen LogP contribution in [0.2, 0.25) is 0 Å². The smallest absolute Gasteiger partial charge is 0.320 e. The number of fused-ring (bicyclic) bond motifs is 6. The van der Waals surface area contributed by atoms with Crippen LogP contribution in [-0.2, 0) is 14.3 Å². The Morgan fingerprint density at radius 2 is 1.78 bits per heavy atom. The van der Waals surface area contributed by atoms with Crippen LogP contribution in [0.1, 0.15) is 52.9 Å². The van der Waals surface area contributed by atoms with Crippen molar-refractivity contribution in [3.8, 4) is 0 Å². The van der Waals surface area contributed by atoms with Gasteiger partial charge in [-0.25, -0.2) is 13.6 Å². The fourth-order valence-corrected chi connectivity index (χ4v) is 9.95. The van der Waals surface area contributed by atoms with E-state index in [9.17, 15) is 9.59 Å². The Morgan fingerprint density at radius 1 is 1.02 bits per heavy atom. The molecule has 0 radical (unpaired) electrons. The van der Waals surface area contributed by atoms with Gasteiger partial charge in [0.1, 0.15) is 12.3 Å². The van der Waals surface area contributed by atoms with Crippen molar-refractivity contribution in [1.82, 2.24) is 30.7 Å². The van der Waals surface area contributed by atoms with Crippen molar-refractivity contribution >= 4 is 11.9 Å². The van der Waals surface area contributed by atoms with Crippen molar-refractivity contribution in [3.63, 3.8) is 0 Å². The summed E-state index contributed by atoms with van der Waals surface area (Å²) in [6, 6.07) is -1.24. The van der Waals surface area contributed by atoms with Crippen molar-refractivity contribution in [2.75, 3.05) is 32.8 Å². The number of nitrogens with one attached hydrogen (secondary N) is 3. The number of ether oxygens (including phenoxy) is 2. The van der Waals surface area contributed by atoms with E-state index >= 15 is 8.78 Å². The number of alkyl halides is 2. The van der Waals surface area contributed by atoms with E-state index in [1.54, 1.807) is 0 Å². The van der Waals surface area contributed by atoms with Crippen molar-refractivity contribution in [3.05, 3.63) is 24.8 Å². The van der Waals surface area contributed by atoms with Gasteiger partial charge in [0.05, 0.1) is 49.8 Å². The minimum absolute atomic E-state index is 0.0368. The molecule has 11 unspecified atom stereocenters. The first-order valence-corrected chi connectivity index (χ1v) is 17.6. The summed E-state index contributed by atoms with van der Waals surface area (Å²) in [5, 5.41) is 10.6. The molecule has 2 bridgehead atoms. The van der Waals surface area contributed by atoms with Gasteiger partial charge in [-0.05, 0) is 56.6 Å². The summed E-state index contributed by atoms with van der Waals surface area (Å²) in [6.45, 7) is 12.7. The van der Waals surface area contributed by atoms with Crippen molar-refractivity contribution in [2.45, 2.75) is 120 Å². The van der Waals surface area contributed by atoms with E-state index in [0.29, 0.717) is 45.6 Å². The van der Waals surface area contributed by atoms with E-state index in [0.717, 1.165) is 13.0 Å². The van der Waals surface area contributed by atoms with E-state index in [1.165, 1.54) is 6.08 Å². The monoisotopic (exact) mass is 646 g/mol. The maximum Gasteiger partial charge on any atom is 0.320 e. The molecule has 7 aliphatic rings. The first-order chi connectivity index (χ1) is 22.2. The number of nitrogens with zero attached hydrogens (tertiary/aromatic N) is 3. The van der Waals surface area contributed by atoms with Crippen molar-refractivity contribution in [1.29, 1.82) is 0 Å². The van der Waals surface area contributed by atoms with Crippen molar-refractivity contribution in [2.24, 2.45) is 23.7 Å². The van der Waals surface area contributed by atoms with Gasteiger partial charge in [-0.15, -0.1) is 0 Å². The second kappa shape index (κ2) is 13.1. The van der Waals surface area contributed by atoms with Crippen LogP contribution >= 0.6 is 0 Å². The maximum absolute atomic E-state index is 16.7. The molecular formula is C34H52F2N6O4. The summed E-state index contributed by atoms with van der Waals surface area (Å²) in [4.78, 5) is 33.2. The molecule has 46 heavy (non-hydrogen) atoms. The highest BCUT2D eigenvalue weighted by Crippen LogP contribution is 2.48. The third-order valence-corrected chi connectivity index (χ3v) is 12.1. The van der Waals surface area contributed by atoms with Crippen molar-refractivity contribution < 1.29 is 27.8 Å². The summed E-state index contributed by atoms with van der Waals surface area (Å²) in [7, 11) is 0. The Balaban J connectivity index is 1.27. The minimum Gasteiger partial charge on any atom is -0.374 e. The zero-order valence-corrected chi connectivity index (χ0v) is 27.4. The normalized spacial score (nSPS) is 47.0. The highest BCUT2D eigenvalue weighted by atomic mass is 19.1. The van der Waals surface area contributed by atoms with E-state index < -0.39 is 42.7 Å². The quantitative estimate of drug-likeness (QED) is 0.321. The van der Waals surface area contributed by atoms with E-state index in [1.807, 2.05) is 22.0 Å². The predicted octanol–water partition coefficient (Wildman–Crippen LogP) is 2.56. The molecule has 4 saturated heterocycles. The molecule has 3 N–H and O–H groups in total. The molecule has 0 aromatic rings. The number of hydrogen-bond donors (Lipinski definition) is 3. The molecule has 2 saturated carbocycles. The van der Waals surface area contributed by atoms with Gasteiger partial charge in [-0.3, -0.25) is 15.0 Å². The average Bonchev–Trinajstić information content (AvgIpc) is 3.72. The van der Waals surface area contributed by atoms with Gasteiger partial charge in [0.25, 0.3) is 0 Å². The number of carbonyl (C=O) groups is 2. The van der Waals surface area contributed by atoms with Crippen LogP contribution in [0.4, 0.5) is 13.6 Å². The molecule has 6 fully saturated rings. The highest BCUT2D eigenvalue weighted by Gasteiger charge is 2.63. The lowest BCUT2D eigenvalue weighted by atomic mass is 9.73. The molecule has 2 aliphatic carbocycles. The fraction of sp³-hybridized carbons (Fsp3) is 0.824. The maximum atomic E-state index is 16.7. The molecule has 7 rings (SSSR count). The highest BCUT2D eigenvalue weighted by molar-refractivity contribution is 5.88. The molecule has 5 aliphatic heterocycles.